The van der Waals surface area contributed by atoms with E-state index in [0.29, 0.717) is 10.6 Å². The van der Waals surface area contributed by atoms with E-state index in [0.717, 1.165) is 41.3 Å². The molecule has 0 aliphatic heterocycles. The zero-order chi connectivity index (χ0) is 16.9. The highest BCUT2D eigenvalue weighted by molar-refractivity contribution is 6.31. The summed E-state index contributed by atoms with van der Waals surface area (Å²) in [7, 11) is 0. The van der Waals surface area contributed by atoms with Crippen LogP contribution in [0.3, 0.4) is 0 Å². The van der Waals surface area contributed by atoms with E-state index in [9.17, 15) is 4.79 Å². The minimum absolute atomic E-state index is 0.143. The molecule has 0 aromatic heterocycles. The van der Waals surface area contributed by atoms with Gasteiger partial charge in [-0.25, -0.2) is 0 Å². The minimum atomic E-state index is -0.143. The van der Waals surface area contributed by atoms with Gasteiger partial charge in [-0.1, -0.05) is 67.4 Å². The summed E-state index contributed by atoms with van der Waals surface area (Å²) in [4.78, 5) is 12.6. The van der Waals surface area contributed by atoms with Crippen molar-refractivity contribution in [3.8, 4) is 0 Å². The van der Waals surface area contributed by atoms with E-state index in [4.69, 9.17) is 11.6 Å². The molecule has 0 saturated heterocycles. The van der Waals surface area contributed by atoms with E-state index in [1.165, 1.54) is 0 Å². The second-order valence-corrected chi connectivity index (χ2v) is 6.30. The van der Waals surface area contributed by atoms with Gasteiger partial charge in [0.05, 0.1) is 0 Å². The number of benzene rings is 3. The first kappa shape index (κ1) is 16.5. The predicted molar refractivity (Wildman–Crippen MR) is 102 cm³/mol. The van der Waals surface area contributed by atoms with Crippen molar-refractivity contribution in [1.82, 2.24) is 0 Å². The Kier molecular flexibility index (Phi) is 5.17. The number of halogens is 1. The molecule has 0 spiro atoms. The summed E-state index contributed by atoms with van der Waals surface area (Å²) in [5.41, 5.74) is 2.48. The summed E-state index contributed by atoms with van der Waals surface area (Å²) in [5, 5.41) is 5.78. The molecule has 3 heteroatoms. The molecule has 0 heterocycles. The van der Waals surface area contributed by atoms with Crippen LogP contribution in [0.5, 0.6) is 0 Å². The number of nitrogens with one attached hydrogen (secondary N) is 1. The van der Waals surface area contributed by atoms with Crippen LogP contribution in [0.1, 0.15) is 35.7 Å². The lowest BCUT2D eigenvalue weighted by Crippen LogP contribution is -2.12. The molecule has 3 aromatic rings. The average Bonchev–Trinajstić information content (AvgIpc) is 2.61. The Hall–Kier alpha value is -2.32. The molecular formula is C21H20ClNO. The van der Waals surface area contributed by atoms with Crippen LogP contribution in [-0.2, 0) is 6.42 Å². The first-order valence-electron chi connectivity index (χ1n) is 8.26. The van der Waals surface area contributed by atoms with Crippen LogP contribution in [-0.4, -0.2) is 5.91 Å². The highest BCUT2D eigenvalue weighted by atomic mass is 35.5. The Balaban J connectivity index is 1.83. The number of carbonyl (C=O) groups is 1. The van der Waals surface area contributed by atoms with Crippen molar-refractivity contribution in [3.63, 3.8) is 0 Å². The maximum Gasteiger partial charge on any atom is 0.255 e. The van der Waals surface area contributed by atoms with E-state index in [1.54, 1.807) is 6.07 Å². The van der Waals surface area contributed by atoms with Gasteiger partial charge in [0, 0.05) is 21.7 Å². The van der Waals surface area contributed by atoms with Gasteiger partial charge in [0.25, 0.3) is 5.91 Å². The normalized spacial score (nSPS) is 10.8. The summed E-state index contributed by atoms with van der Waals surface area (Å²) in [5.74, 6) is -0.143. The fourth-order valence-electron chi connectivity index (χ4n) is 2.79. The molecule has 0 unspecified atom stereocenters. The number of rotatable bonds is 5. The molecule has 0 aliphatic carbocycles. The van der Waals surface area contributed by atoms with Crippen LogP contribution in [0.4, 0.5) is 5.69 Å². The molecular weight excluding hydrogens is 318 g/mol. The Labute approximate surface area is 147 Å². The molecule has 0 radical (unpaired) electrons. The number of aryl methyl sites for hydroxylation is 1. The van der Waals surface area contributed by atoms with Crippen LogP contribution >= 0.6 is 11.6 Å². The first-order valence-corrected chi connectivity index (χ1v) is 8.64. The lowest BCUT2D eigenvalue weighted by atomic mass is 10.1. The molecule has 0 aliphatic rings. The van der Waals surface area contributed by atoms with Crippen molar-refractivity contribution in [2.45, 2.75) is 26.2 Å². The zero-order valence-corrected chi connectivity index (χ0v) is 14.4. The molecule has 1 amide bonds. The van der Waals surface area contributed by atoms with Gasteiger partial charge in [-0.2, -0.15) is 0 Å². The summed E-state index contributed by atoms with van der Waals surface area (Å²) < 4.78 is 0. The first-order chi connectivity index (χ1) is 11.7. The minimum Gasteiger partial charge on any atom is -0.321 e. The third-order valence-corrected chi connectivity index (χ3v) is 4.50. The Bertz CT molecular complexity index is 867. The fraction of sp³-hybridized carbons (Fsp3) is 0.190. The summed E-state index contributed by atoms with van der Waals surface area (Å²) in [6.07, 6.45) is 3.17. The van der Waals surface area contributed by atoms with Crippen molar-refractivity contribution >= 4 is 34.0 Å². The largest absolute Gasteiger partial charge is 0.321 e. The molecule has 24 heavy (non-hydrogen) atoms. The van der Waals surface area contributed by atoms with E-state index < -0.39 is 0 Å². The number of amides is 1. The van der Waals surface area contributed by atoms with Crippen LogP contribution in [0.15, 0.2) is 60.7 Å². The quantitative estimate of drug-likeness (QED) is 0.599. The zero-order valence-electron chi connectivity index (χ0n) is 13.7. The fourth-order valence-corrected chi connectivity index (χ4v) is 3.06. The molecule has 2 nitrogen and oxygen atoms in total. The molecule has 3 aromatic carbocycles. The number of carbonyl (C=O) groups excluding carboxylic acids is 1. The third kappa shape index (κ3) is 3.60. The standard InChI is InChI=1S/C21H20ClNO/c1-2-3-7-16-12-13-17(14-19(16)22)21(24)23-20-11-6-9-15-8-4-5-10-18(15)20/h4-6,8-14H,2-3,7H2,1H3,(H,23,24). The van der Waals surface area contributed by atoms with Crippen molar-refractivity contribution in [1.29, 1.82) is 0 Å². The number of anilines is 1. The van der Waals surface area contributed by atoms with Gasteiger partial charge in [-0.05, 0) is 42.0 Å². The van der Waals surface area contributed by atoms with Gasteiger partial charge in [0.2, 0.25) is 0 Å². The van der Waals surface area contributed by atoms with Crippen LogP contribution in [0.25, 0.3) is 10.8 Å². The van der Waals surface area contributed by atoms with Crippen LogP contribution < -0.4 is 5.32 Å². The van der Waals surface area contributed by atoms with Crippen molar-refractivity contribution in [2.24, 2.45) is 0 Å². The lowest BCUT2D eigenvalue weighted by Gasteiger charge is -2.10. The van der Waals surface area contributed by atoms with Crippen LogP contribution in [0.2, 0.25) is 5.02 Å². The molecule has 0 fully saturated rings. The van der Waals surface area contributed by atoms with Crippen LogP contribution in [0, 0.1) is 0 Å². The second kappa shape index (κ2) is 7.50. The number of hydrogen-bond donors (Lipinski definition) is 1. The van der Waals surface area contributed by atoms with E-state index in [1.807, 2.05) is 54.6 Å². The molecule has 0 saturated carbocycles. The molecule has 1 N–H and O–H groups in total. The van der Waals surface area contributed by atoms with Gasteiger partial charge < -0.3 is 5.32 Å². The SMILES string of the molecule is CCCCc1ccc(C(=O)Nc2cccc3ccccc23)cc1Cl. The van der Waals surface area contributed by atoms with Gasteiger partial charge in [0.15, 0.2) is 0 Å². The predicted octanol–water partition coefficient (Wildman–Crippen LogP) is 6.09. The highest BCUT2D eigenvalue weighted by Crippen LogP contribution is 2.25. The van der Waals surface area contributed by atoms with E-state index >= 15 is 0 Å². The molecule has 3 rings (SSSR count). The monoisotopic (exact) mass is 337 g/mol. The molecule has 0 atom stereocenters. The van der Waals surface area contributed by atoms with E-state index in [-0.39, 0.29) is 5.91 Å². The Morgan fingerprint density at radius 2 is 1.83 bits per heavy atom. The molecule has 0 bridgehead atoms. The van der Waals surface area contributed by atoms with Crippen molar-refractivity contribution < 1.29 is 4.79 Å². The lowest BCUT2D eigenvalue weighted by molar-refractivity contribution is 0.102. The smallest absolute Gasteiger partial charge is 0.255 e. The Morgan fingerprint density at radius 1 is 1.04 bits per heavy atom. The highest BCUT2D eigenvalue weighted by Gasteiger charge is 2.10. The molecule has 122 valence electrons. The maximum atomic E-state index is 12.6. The number of hydrogen-bond acceptors (Lipinski definition) is 1. The van der Waals surface area contributed by atoms with E-state index in [2.05, 4.69) is 12.2 Å². The third-order valence-electron chi connectivity index (χ3n) is 4.15. The second-order valence-electron chi connectivity index (χ2n) is 5.89. The summed E-state index contributed by atoms with van der Waals surface area (Å²) >= 11 is 6.33. The van der Waals surface area contributed by atoms with Gasteiger partial charge in [-0.3, -0.25) is 4.79 Å². The average molecular weight is 338 g/mol. The topological polar surface area (TPSA) is 29.1 Å². The van der Waals surface area contributed by atoms with Gasteiger partial charge in [-0.15, -0.1) is 0 Å². The maximum absolute atomic E-state index is 12.6. The Morgan fingerprint density at radius 3 is 2.62 bits per heavy atom. The van der Waals surface area contributed by atoms with Crippen molar-refractivity contribution in [2.75, 3.05) is 5.32 Å². The van der Waals surface area contributed by atoms with Crippen molar-refractivity contribution in [3.05, 3.63) is 76.8 Å². The number of unbranched alkanes of at least 4 members (excludes halogenated alkanes) is 1. The van der Waals surface area contributed by atoms with Gasteiger partial charge in [0.1, 0.15) is 0 Å². The summed E-state index contributed by atoms with van der Waals surface area (Å²) in [6.45, 7) is 2.15. The van der Waals surface area contributed by atoms with Gasteiger partial charge >= 0.3 is 0 Å². The number of fused-ring (bicyclic) bond motifs is 1. The summed E-state index contributed by atoms with van der Waals surface area (Å²) in [6, 6.07) is 19.4.